The molecule has 1 atom stereocenters. The van der Waals surface area contributed by atoms with Crippen LogP contribution >= 0.6 is 0 Å². The van der Waals surface area contributed by atoms with Gasteiger partial charge in [0, 0.05) is 31.1 Å². The largest absolute Gasteiger partial charge is 0.369 e. The van der Waals surface area contributed by atoms with E-state index < -0.39 is 6.03 Å². The smallest absolute Gasteiger partial charge is 0.341 e. The molecule has 2 aliphatic heterocycles. The maximum atomic E-state index is 11.6. The number of carbonyl (C=O) groups excluding carboxylic acids is 1. The second kappa shape index (κ2) is 6.28. The van der Waals surface area contributed by atoms with E-state index in [0.717, 1.165) is 57.0 Å². The zero-order valence-corrected chi connectivity index (χ0v) is 13.7. The van der Waals surface area contributed by atoms with Gasteiger partial charge >= 0.3 is 6.03 Å². The summed E-state index contributed by atoms with van der Waals surface area (Å²) < 4.78 is 1.34. The first-order chi connectivity index (χ1) is 11.7. The van der Waals surface area contributed by atoms with Crippen LogP contribution in [0.15, 0.2) is 30.3 Å². The number of nitrogens with zero attached hydrogens (tertiary/aromatic N) is 3. The monoisotopic (exact) mass is 325 g/mol. The molecular weight excluding hydrogens is 302 g/mol. The fourth-order valence-corrected chi connectivity index (χ4v) is 3.95. The molecule has 4 rings (SSSR count). The molecule has 1 amide bonds. The Morgan fingerprint density at radius 1 is 1.33 bits per heavy atom. The van der Waals surface area contributed by atoms with E-state index in [1.54, 1.807) is 0 Å². The number of amides is 1. The van der Waals surface area contributed by atoms with Crippen LogP contribution in [0.2, 0.25) is 0 Å². The summed E-state index contributed by atoms with van der Waals surface area (Å²) in [4.78, 5) is 14.1. The van der Waals surface area contributed by atoms with Crippen LogP contribution in [-0.4, -0.2) is 40.3 Å². The molecule has 2 aliphatic rings. The lowest BCUT2D eigenvalue weighted by Crippen LogP contribution is -2.34. The minimum Gasteiger partial charge on any atom is -0.369 e. The van der Waals surface area contributed by atoms with Gasteiger partial charge in [-0.25, -0.2) is 4.79 Å². The second-order valence-corrected chi connectivity index (χ2v) is 6.70. The number of anilines is 1. The molecule has 2 aromatic rings. The third-order valence-corrected chi connectivity index (χ3v) is 5.03. The molecule has 1 aromatic heterocycles. The van der Waals surface area contributed by atoms with Gasteiger partial charge in [0.15, 0.2) is 0 Å². The maximum Gasteiger partial charge on any atom is 0.341 e. The van der Waals surface area contributed by atoms with Crippen LogP contribution in [0.3, 0.4) is 0 Å². The number of nitrogens with one attached hydrogen (secondary N) is 1. The molecule has 126 valence electrons. The van der Waals surface area contributed by atoms with Crippen molar-refractivity contribution in [2.75, 3.05) is 25.0 Å². The molecule has 0 saturated carbocycles. The van der Waals surface area contributed by atoms with E-state index in [2.05, 4.69) is 45.6 Å². The van der Waals surface area contributed by atoms with E-state index in [1.807, 2.05) is 0 Å². The van der Waals surface area contributed by atoms with Crippen molar-refractivity contribution in [1.29, 1.82) is 0 Å². The van der Waals surface area contributed by atoms with Crippen LogP contribution in [-0.2, 0) is 13.0 Å². The number of rotatable bonds is 3. The van der Waals surface area contributed by atoms with Gasteiger partial charge < -0.3 is 11.1 Å². The first kappa shape index (κ1) is 15.2. The van der Waals surface area contributed by atoms with Gasteiger partial charge in [0.1, 0.15) is 5.82 Å². The van der Waals surface area contributed by atoms with Gasteiger partial charge in [-0.1, -0.05) is 30.3 Å². The zero-order chi connectivity index (χ0) is 16.5. The molecule has 0 bridgehead atoms. The third kappa shape index (κ3) is 2.78. The number of fused-ring (bicyclic) bond motifs is 1. The van der Waals surface area contributed by atoms with Crippen LogP contribution in [0.5, 0.6) is 0 Å². The predicted octanol–water partition coefficient (Wildman–Crippen LogP) is 2.16. The molecule has 1 saturated heterocycles. The van der Waals surface area contributed by atoms with E-state index >= 15 is 0 Å². The predicted molar refractivity (Wildman–Crippen MR) is 93.1 cm³/mol. The first-order valence-corrected chi connectivity index (χ1v) is 8.64. The Bertz CT molecular complexity index is 739. The molecule has 3 N–H and O–H groups in total. The summed E-state index contributed by atoms with van der Waals surface area (Å²) in [7, 11) is 0. The topological polar surface area (TPSA) is 76.2 Å². The lowest BCUT2D eigenvalue weighted by Gasteiger charge is -2.32. The van der Waals surface area contributed by atoms with Gasteiger partial charge in [-0.3, -0.25) is 4.90 Å². The fourth-order valence-electron chi connectivity index (χ4n) is 3.95. The lowest BCUT2D eigenvalue weighted by molar-refractivity contribution is 0.197. The molecule has 3 heterocycles. The number of nitrogens with two attached hydrogens (primary N) is 1. The first-order valence-electron chi connectivity index (χ1n) is 8.64. The Kier molecular flexibility index (Phi) is 3.98. The molecule has 6 nitrogen and oxygen atoms in total. The average molecular weight is 325 g/mol. The Labute approximate surface area is 141 Å². The van der Waals surface area contributed by atoms with Crippen LogP contribution in [0, 0.1) is 0 Å². The minimum atomic E-state index is -0.510. The van der Waals surface area contributed by atoms with Crippen LogP contribution in [0.4, 0.5) is 10.6 Å². The van der Waals surface area contributed by atoms with E-state index in [0.29, 0.717) is 5.92 Å². The van der Waals surface area contributed by atoms with Crippen LogP contribution in [0.25, 0.3) is 0 Å². The van der Waals surface area contributed by atoms with Crippen molar-refractivity contribution in [3.63, 3.8) is 0 Å². The van der Waals surface area contributed by atoms with Gasteiger partial charge in [-0.15, -0.1) is 0 Å². The van der Waals surface area contributed by atoms with Crippen molar-refractivity contribution < 1.29 is 4.79 Å². The van der Waals surface area contributed by atoms with Gasteiger partial charge in [-0.05, 0) is 31.4 Å². The summed E-state index contributed by atoms with van der Waals surface area (Å²) in [5, 5.41) is 7.80. The zero-order valence-electron chi connectivity index (χ0n) is 13.7. The van der Waals surface area contributed by atoms with E-state index in [9.17, 15) is 4.79 Å². The van der Waals surface area contributed by atoms with Crippen molar-refractivity contribution in [3.05, 3.63) is 47.2 Å². The summed E-state index contributed by atoms with van der Waals surface area (Å²) in [6.07, 6.45) is 3.20. The normalized spacial score (nSPS) is 20.6. The van der Waals surface area contributed by atoms with E-state index in [4.69, 9.17) is 5.73 Å². The fraction of sp³-hybridized carbons (Fsp3) is 0.444. The molecule has 1 fully saturated rings. The number of carbonyl (C=O) groups is 1. The van der Waals surface area contributed by atoms with E-state index in [1.165, 1.54) is 15.8 Å². The summed E-state index contributed by atoms with van der Waals surface area (Å²) in [6, 6.07) is 10.1. The Balaban J connectivity index is 1.54. The standard InChI is InChI=1S/C18H23N5O/c19-18(24)23-17-15(8-9-20-17)16(21-23)14-7-4-10-22(12-14)11-13-5-2-1-3-6-13/h1-3,5-6,14,20H,4,7-12H2,(H2,19,24). The summed E-state index contributed by atoms with van der Waals surface area (Å²) in [6.45, 7) is 3.92. The molecule has 0 radical (unpaired) electrons. The molecule has 1 aromatic carbocycles. The number of benzene rings is 1. The summed E-state index contributed by atoms with van der Waals surface area (Å²) >= 11 is 0. The number of hydrogen-bond donors (Lipinski definition) is 2. The Morgan fingerprint density at radius 3 is 2.96 bits per heavy atom. The van der Waals surface area contributed by atoms with E-state index in [-0.39, 0.29) is 0 Å². The van der Waals surface area contributed by atoms with Gasteiger partial charge in [-0.2, -0.15) is 9.78 Å². The van der Waals surface area contributed by atoms with Gasteiger partial charge in [0.25, 0.3) is 0 Å². The van der Waals surface area contributed by atoms with Crippen LogP contribution < -0.4 is 11.1 Å². The lowest BCUT2D eigenvalue weighted by atomic mass is 9.91. The molecular formula is C18H23N5O. The van der Waals surface area contributed by atoms with Crippen molar-refractivity contribution in [2.45, 2.75) is 31.7 Å². The number of piperidine rings is 1. The SMILES string of the molecule is NC(=O)n1nc(C2CCCN(Cc3ccccc3)C2)c2c1NCC2. The van der Waals surface area contributed by atoms with Gasteiger partial charge in [0.05, 0.1) is 5.69 Å². The van der Waals surface area contributed by atoms with Crippen molar-refractivity contribution in [2.24, 2.45) is 5.73 Å². The summed E-state index contributed by atoms with van der Waals surface area (Å²) in [5.74, 6) is 1.18. The van der Waals surface area contributed by atoms with Gasteiger partial charge in [0.2, 0.25) is 0 Å². The third-order valence-electron chi connectivity index (χ3n) is 5.03. The number of hydrogen-bond acceptors (Lipinski definition) is 4. The maximum absolute atomic E-state index is 11.6. The minimum absolute atomic E-state index is 0.372. The molecule has 1 unspecified atom stereocenters. The molecule has 6 heteroatoms. The number of likely N-dealkylation sites (tertiary alicyclic amines) is 1. The quantitative estimate of drug-likeness (QED) is 0.907. The highest BCUT2D eigenvalue weighted by molar-refractivity contribution is 5.79. The van der Waals surface area contributed by atoms with Crippen molar-refractivity contribution in [1.82, 2.24) is 14.7 Å². The summed E-state index contributed by atoms with van der Waals surface area (Å²) in [5.41, 5.74) is 9.05. The molecule has 24 heavy (non-hydrogen) atoms. The average Bonchev–Trinajstić information content (AvgIpc) is 3.18. The highest BCUT2D eigenvalue weighted by Gasteiger charge is 2.31. The Morgan fingerprint density at radius 2 is 2.17 bits per heavy atom. The second-order valence-electron chi connectivity index (χ2n) is 6.70. The highest BCUT2D eigenvalue weighted by atomic mass is 16.2. The molecule has 0 aliphatic carbocycles. The number of aromatic nitrogens is 2. The van der Waals surface area contributed by atoms with Crippen molar-refractivity contribution >= 4 is 11.8 Å². The number of primary amides is 1. The molecule has 0 spiro atoms. The highest BCUT2D eigenvalue weighted by Crippen LogP contribution is 2.35. The van der Waals surface area contributed by atoms with Crippen molar-refractivity contribution in [3.8, 4) is 0 Å². The Hall–Kier alpha value is -2.34. The van der Waals surface area contributed by atoms with Crippen LogP contribution in [0.1, 0.15) is 35.6 Å².